The fraction of sp³-hybridized carbons (Fsp3) is 0.529. The lowest BCUT2D eigenvalue weighted by molar-refractivity contribution is -0.140. The van der Waals surface area contributed by atoms with Gasteiger partial charge in [0.15, 0.2) is 0 Å². The molecule has 0 aromatic heterocycles. The maximum absolute atomic E-state index is 12.3. The molecule has 0 bridgehead atoms. The van der Waals surface area contributed by atoms with Gasteiger partial charge in [-0.05, 0) is 37.8 Å². The van der Waals surface area contributed by atoms with Crippen molar-refractivity contribution in [1.82, 2.24) is 4.90 Å². The van der Waals surface area contributed by atoms with E-state index in [1.807, 2.05) is 35.2 Å². The third-order valence-electron chi connectivity index (χ3n) is 3.97. The number of likely N-dealkylation sites (tertiary alicyclic amines) is 1. The molecule has 120 valence electrons. The maximum Gasteiger partial charge on any atom is 0.303 e. The monoisotopic (exact) mass is 305 g/mol. The second-order valence-corrected chi connectivity index (χ2v) is 5.58. The van der Waals surface area contributed by atoms with E-state index in [9.17, 15) is 9.59 Å². The zero-order valence-electron chi connectivity index (χ0n) is 12.7. The summed E-state index contributed by atoms with van der Waals surface area (Å²) >= 11 is 0. The number of piperidine rings is 1. The normalized spacial score (nSPS) is 18.0. The molecule has 1 saturated heterocycles. The Hall–Kier alpha value is -2.04. The summed E-state index contributed by atoms with van der Waals surface area (Å²) in [5, 5.41) is 8.81. The molecule has 5 nitrogen and oxygen atoms in total. The molecule has 1 amide bonds. The number of nitrogens with zero attached hydrogens (tertiary/aromatic N) is 1. The highest BCUT2D eigenvalue weighted by Crippen LogP contribution is 2.22. The van der Waals surface area contributed by atoms with Gasteiger partial charge in [-0.15, -0.1) is 0 Å². The van der Waals surface area contributed by atoms with Gasteiger partial charge in [-0.2, -0.15) is 0 Å². The Morgan fingerprint density at radius 3 is 2.68 bits per heavy atom. The SMILES string of the molecule is O=C(O)CCC1CCCCN1C(=O)CCOc1ccccc1. The number of para-hydroxylation sites is 1. The summed E-state index contributed by atoms with van der Waals surface area (Å²) in [6.07, 6.45) is 3.95. The van der Waals surface area contributed by atoms with Crippen molar-refractivity contribution in [3.63, 3.8) is 0 Å². The van der Waals surface area contributed by atoms with Crippen LogP contribution in [-0.4, -0.2) is 41.1 Å². The van der Waals surface area contributed by atoms with Crippen molar-refractivity contribution < 1.29 is 19.4 Å². The van der Waals surface area contributed by atoms with Gasteiger partial charge in [0.25, 0.3) is 0 Å². The molecule has 1 aliphatic heterocycles. The minimum atomic E-state index is -0.801. The van der Waals surface area contributed by atoms with Crippen LogP contribution in [0.2, 0.25) is 0 Å². The second-order valence-electron chi connectivity index (χ2n) is 5.58. The number of hydrogen-bond acceptors (Lipinski definition) is 3. The predicted molar refractivity (Wildman–Crippen MR) is 82.8 cm³/mol. The lowest BCUT2D eigenvalue weighted by Crippen LogP contribution is -2.44. The Balaban J connectivity index is 1.79. The van der Waals surface area contributed by atoms with Crippen LogP contribution in [0.4, 0.5) is 0 Å². The number of rotatable bonds is 7. The van der Waals surface area contributed by atoms with Crippen LogP contribution in [0.3, 0.4) is 0 Å². The summed E-state index contributed by atoms with van der Waals surface area (Å²) in [7, 11) is 0. The third-order valence-corrected chi connectivity index (χ3v) is 3.97. The molecule has 2 rings (SSSR count). The highest BCUT2D eigenvalue weighted by atomic mass is 16.5. The van der Waals surface area contributed by atoms with Gasteiger partial charge in [0.2, 0.25) is 5.91 Å². The molecule has 0 saturated carbocycles. The largest absolute Gasteiger partial charge is 0.493 e. The topological polar surface area (TPSA) is 66.8 Å². The molecule has 1 aromatic rings. The number of aliphatic carboxylic acids is 1. The number of hydrogen-bond donors (Lipinski definition) is 1. The number of amides is 1. The lowest BCUT2D eigenvalue weighted by Gasteiger charge is -2.35. The first kappa shape index (κ1) is 16.3. The van der Waals surface area contributed by atoms with Gasteiger partial charge in [-0.3, -0.25) is 9.59 Å². The van der Waals surface area contributed by atoms with Crippen LogP contribution in [0, 0.1) is 0 Å². The number of ether oxygens (including phenoxy) is 1. The van der Waals surface area contributed by atoms with Crippen molar-refractivity contribution >= 4 is 11.9 Å². The fourth-order valence-electron chi connectivity index (χ4n) is 2.84. The molecule has 1 N–H and O–H groups in total. The van der Waals surface area contributed by atoms with Crippen LogP contribution in [0.5, 0.6) is 5.75 Å². The first-order chi connectivity index (χ1) is 10.7. The fourth-order valence-corrected chi connectivity index (χ4v) is 2.84. The number of carbonyl (C=O) groups excluding carboxylic acids is 1. The molecule has 1 aromatic carbocycles. The van der Waals surface area contributed by atoms with E-state index < -0.39 is 5.97 Å². The summed E-state index contributed by atoms with van der Waals surface area (Å²) in [5.74, 6) is 0.0211. The number of carboxylic acid groups (broad SMARTS) is 1. The van der Waals surface area contributed by atoms with Crippen LogP contribution in [0.15, 0.2) is 30.3 Å². The second kappa shape index (κ2) is 8.41. The minimum absolute atomic E-state index is 0.0611. The zero-order chi connectivity index (χ0) is 15.8. The maximum atomic E-state index is 12.3. The predicted octanol–water partition coefficient (Wildman–Crippen LogP) is 2.70. The van der Waals surface area contributed by atoms with Gasteiger partial charge in [0.1, 0.15) is 5.75 Å². The highest BCUT2D eigenvalue weighted by molar-refractivity contribution is 5.77. The molecule has 1 aliphatic rings. The molecule has 1 unspecified atom stereocenters. The quantitative estimate of drug-likeness (QED) is 0.841. The molecule has 0 spiro atoms. The summed E-state index contributed by atoms with van der Waals surface area (Å²) < 4.78 is 5.56. The van der Waals surface area contributed by atoms with Gasteiger partial charge in [-0.25, -0.2) is 0 Å². The molecular weight excluding hydrogens is 282 g/mol. The molecule has 5 heteroatoms. The Bertz CT molecular complexity index is 489. The van der Waals surface area contributed by atoms with Crippen LogP contribution in [0.25, 0.3) is 0 Å². The number of carboxylic acids is 1. The van der Waals surface area contributed by atoms with E-state index in [2.05, 4.69) is 0 Å². The van der Waals surface area contributed by atoms with Crippen molar-refractivity contribution in [2.45, 2.75) is 44.6 Å². The van der Waals surface area contributed by atoms with Gasteiger partial charge >= 0.3 is 5.97 Å². The zero-order valence-corrected chi connectivity index (χ0v) is 12.7. The Kier molecular flexibility index (Phi) is 6.25. The molecule has 0 aliphatic carbocycles. The Morgan fingerprint density at radius 1 is 1.18 bits per heavy atom. The van der Waals surface area contributed by atoms with E-state index in [4.69, 9.17) is 9.84 Å². The third kappa shape index (κ3) is 5.06. The van der Waals surface area contributed by atoms with Gasteiger partial charge in [0.05, 0.1) is 13.0 Å². The average molecular weight is 305 g/mol. The first-order valence-corrected chi connectivity index (χ1v) is 7.86. The van der Waals surface area contributed by atoms with E-state index in [1.54, 1.807) is 0 Å². The van der Waals surface area contributed by atoms with Crippen LogP contribution < -0.4 is 4.74 Å². The Morgan fingerprint density at radius 2 is 1.95 bits per heavy atom. The van der Waals surface area contributed by atoms with Crippen molar-refractivity contribution in [3.8, 4) is 5.75 Å². The van der Waals surface area contributed by atoms with Crippen LogP contribution >= 0.6 is 0 Å². The van der Waals surface area contributed by atoms with Gasteiger partial charge in [-0.1, -0.05) is 18.2 Å². The van der Waals surface area contributed by atoms with E-state index >= 15 is 0 Å². The minimum Gasteiger partial charge on any atom is -0.493 e. The molecule has 1 fully saturated rings. The Labute approximate surface area is 130 Å². The van der Waals surface area contributed by atoms with E-state index in [-0.39, 0.29) is 18.4 Å². The van der Waals surface area contributed by atoms with Crippen LogP contribution in [0.1, 0.15) is 38.5 Å². The highest BCUT2D eigenvalue weighted by Gasteiger charge is 2.26. The first-order valence-electron chi connectivity index (χ1n) is 7.86. The average Bonchev–Trinajstić information content (AvgIpc) is 2.54. The van der Waals surface area contributed by atoms with E-state index in [1.165, 1.54) is 0 Å². The van der Waals surface area contributed by atoms with Crippen LogP contribution in [-0.2, 0) is 9.59 Å². The summed E-state index contributed by atoms with van der Waals surface area (Å²) in [6.45, 7) is 1.08. The molecule has 1 heterocycles. The number of carbonyl (C=O) groups is 2. The van der Waals surface area contributed by atoms with Crippen molar-refractivity contribution in [1.29, 1.82) is 0 Å². The van der Waals surface area contributed by atoms with Crippen molar-refractivity contribution in [2.75, 3.05) is 13.2 Å². The van der Waals surface area contributed by atoms with Crippen molar-refractivity contribution in [3.05, 3.63) is 30.3 Å². The smallest absolute Gasteiger partial charge is 0.303 e. The van der Waals surface area contributed by atoms with Gasteiger partial charge < -0.3 is 14.7 Å². The summed E-state index contributed by atoms with van der Waals surface area (Å²) in [6, 6.07) is 9.49. The number of benzene rings is 1. The van der Waals surface area contributed by atoms with E-state index in [0.29, 0.717) is 19.4 Å². The standard InChI is InChI=1S/C17H23NO4/c19-16(11-13-22-15-7-2-1-3-8-15)18-12-5-4-6-14(18)9-10-17(20)21/h1-3,7-8,14H,4-6,9-13H2,(H,20,21). The van der Waals surface area contributed by atoms with Crippen molar-refractivity contribution in [2.24, 2.45) is 0 Å². The van der Waals surface area contributed by atoms with E-state index in [0.717, 1.165) is 31.6 Å². The lowest BCUT2D eigenvalue weighted by atomic mass is 9.97. The summed E-state index contributed by atoms with van der Waals surface area (Å²) in [4.78, 5) is 24.9. The molecule has 22 heavy (non-hydrogen) atoms. The summed E-state index contributed by atoms with van der Waals surface area (Å²) in [5.41, 5.74) is 0. The van der Waals surface area contributed by atoms with Gasteiger partial charge in [0, 0.05) is 19.0 Å². The molecular formula is C17H23NO4. The molecule has 1 atom stereocenters. The molecule has 0 radical (unpaired) electrons.